The van der Waals surface area contributed by atoms with Gasteiger partial charge in [-0.05, 0) is 60.5 Å². The van der Waals surface area contributed by atoms with Gasteiger partial charge in [-0.15, -0.1) is 0 Å². The van der Waals surface area contributed by atoms with Crippen molar-refractivity contribution in [2.45, 2.75) is 33.2 Å². The number of amides is 2. The summed E-state index contributed by atoms with van der Waals surface area (Å²) in [5.74, 6) is -0.490. The third-order valence-corrected chi connectivity index (χ3v) is 6.40. The van der Waals surface area contributed by atoms with Crippen LogP contribution in [0.4, 0.5) is 0 Å². The van der Waals surface area contributed by atoms with Crippen LogP contribution in [0.1, 0.15) is 59.6 Å². The first-order valence-corrected chi connectivity index (χ1v) is 12.6. The maximum Gasteiger partial charge on any atom is 0.296 e. The SMILES string of the molecule is CC(C)CC(CO)=NC(=O)c1c(-c2ccsc2)nc2c(C(=O)N[C@H](C)c3ccc(O)cc3)cccn12. The molecular formula is C27H28N4O4S. The van der Waals surface area contributed by atoms with E-state index in [2.05, 4.69) is 10.3 Å². The zero-order valence-electron chi connectivity index (χ0n) is 20.3. The predicted octanol–water partition coefficient (Wildman–Crippen LogP) is 4.88. The molecule has 0 aliphatic heterocycles. The van der Waals surface area contributed by atoms with Crippen molar-refractivity contribution in [3.63, 3.8) is 0 Å². The van der Waals surface area contributed by atoms with Gasteiger partial charge in [-0.2, -0.15) is 11.3 Å². The van der Waals surface area contributed by atoms with E-state index >= 15 is 0 Å². The molecule has 0 saturated carbocycles. The van der Waals surface area contributed by atoms with Gasteiger partial charge in [0.15, 0.2) is 5.65 Å². The summed E-state index contributed by atoms with van der Waals surface area (Å²) in [5, 5.41) is 26.0. The quantitative estimate of drug-likeness (QED) is 0.296. The highest BCUT2D eigenvalue weighted by Crippen LogP contribution is 2.29. The molecule has 9 heteroatoms. The Morgan fingerprint density at radius 3 is 2.53 bits per heavy atom. The molecule has 0 saturated heterocycles. The van der Waals surface area contributed by atoms with E-state index in [1.807, 2.05) is 37.6 Å². The number of phenolic OH excluding ortho intramolecular Hbond substituents is 1. The largest absolute Gasteiger partial charge is 0.508 e. The van der Waals surface area contributed by atoms with Crippen LogP contribution in [0, 0.1) is 5.92 Å². The summed E-state index contributed by atoms with van der Waals surface area (Å²) in [5.41, 5.74) is 3.30. The number of thiophene rings is 1. The number of aliphatic imine (C=N–C) groups is 1. The maximum absolute atomic E-state index is 13.4. The average Bonchev–Trinajstić information content (AvgIpc) is 3.51. The second kappa shape index (κ2) is 10.8. The number of imidazole rings is 1. The van der Waals surface area contributed by atoms with Crippen molar-refractivity contribution < 1.29 is 19.8 Å². The van der Waals surface area contributed by atoms with E-state index in [9.17, 15) is 19.8 Å². The lowest BCUT2D eigenvalue weighted by molar-refractivity contribution is 0.0939. The number of aromatic hydroxyl groups is 1. The van der Waals surface area contributed by atoms with Crippen molar-refractivity contribution >= 4 is 34.5 Å². The van der Waals surface area contributed by atoms with E-state index < -0.39 is 5.91 Å². The normalized spacial score (nSPS) is 12.8. The molecule has 0 unspecified atom stereocenters. The molecule has 36 heavy (non-hydrogen) atoms. The standard InChI is InChI=1S/C27H28N4O4S/c1-16(2)13-20(14-32)29-27(35)24-23(19-10-12-36-15-19)30-25-22(5-4-11-31(24)25)26(34)28-17(3)18-6-8-21(33)9-7-18/h4-12,15-17,32-33H,13-14H2,1-3H3,(H,28,34)/t17-/m1/s1. The van der Waals surface area contributed by atoms with Gasteiger partial charge in [0.25, 0.3) is 11.8 Å². The first kappa shape index (κ1) is 25.3. The highest BCUT2D eigenvalue weighted by molar-refractivity contribution is 7.08. The summed E-state index contributed by atoms with van der Waals surface area (Å²) in [7, 11) is 0. The van der Waals surface area contributed by atoms with E-state index in [1.165, 1.54) is 11.3 Å². The molecule has 0 aliphatic carbocycles. The molecule has 186 valence electrons. The monoisotopic (exact) mass is 504 g/mol. The number of nitrogens with one attached hydrogen (secondary N) is 1. The Bertz CT molecular complexity index is 1410. The third-order valence-electron chi connectivity index (χ3n) is 5.72. The van der Waals surface area contributed by atoms with Gasteiger partial charge >= 0.3 is 0 Å². The molecule has 0 spiro atoms. The number of benzene rings is 1. The Morgan fingerprint density at radius 2 is 1.89 bits per heavy atom. The molecule has 0 aliphatic rings. The molecule has 1 atom stereocenters. The second-order valence-corrected chi connectivity index (χ2v) is 9.74. The second-order valence-electron chi connectivity index (χ2n) is 8.96. The van der Waals surface area contributed by atoms with Crippen molar-refractivity contribution in [3.8, 4) is 17.0 Å². The molecule has 0 radical (unpaired) electrons. The van der Waals surface area contributed by atoms with Crippen molar-refractivity contribution in [2.24, 2.45) is 10.9 Å². The van der Waals surface area contributed by atoms with Crippen LogP contribution >= 0.6 is 11.3 Å². The van der Waals surface area contributed by atoms with Crippen molar-refractivity contribution in [3.05, 3.63) is 76.2 Å². The van der Waals surface area contributed by atoms with Crippen LogP contribution < -0.4 is 5.32 Å². The molecule has 4 aromatic rings. The fraction of sp³-hybridized carbons (Fsp3) is 0.259. The number of hydrogen-bond acceptors (Lipinski definition) is 6. The number of fused-ring (bicyclic) bond motifs is 1. The molecule has 2 amide bonds. The third kappa shape index (κ3) is 5.37. The minimum absolute atomic E-state index is 0.151. The van der Waals surface area contributed by atoms with Crippen LogP contribution in [0.5, 0.6) is 5.75 Å². The number of pyridine rings is 1. The molecule has 8 nitrogen and oxygen atoms in total. The van der Waals surface area contributed by atoms with Gasteiger partial charge in [-0.3, -0.25) is 14.0 Å². The molecule has 1 aromatic carbocycles. The highest BCUT2D eigenvalue weighted by atomic mass is 32.1. The molecular weight excluding hydrogens is 476 g/mol. The summed E-state index contributed by atoms with van der Waals surface area (Å²) in [6, 6.07) is 11.5. The Balaban J connectivity index is 1.76. The number of aliphatic hydroxyl groups is 1. The topological polar surface area (TPSA) is 116 Å². The first-order chi connectivity index (χ1) is 17.3. The zero-order chi connectivity index (χ0) is 25.8. The summed E-state index contributed by atoms with van der Waals surface area (Å²) in [4.78, 5) is 35.6. The Hall–Kier alpha value is -3.82. The first-order valence-electron chi connectivity index (χ1n) is 11.6. The molecule has 0 bridgehead atoms. The Morgan fingerprint density at radius 1 is 1.14 bits per heavy atom. The van der Waals surface area contributed by atoms with Gasteiger partial charge in [0.1, 0.15) is 17.1 Å². The van der Waals surface area contributed by atoms with Crippen LogP contribution in [-0.2, 0) is 0 Å². The predicted molar refractivity (Wildman–Crippen MR) is 141 cm³/mol. The van der Waals surface area contributed by atoms with Crippen LogP contribution in [0.15, 0.2) is 64.4 Å². The van der Waals surface area contributed by atoms with Gasteiger partial charge in [-0.25, -0.2) is 9.98 Å². The van der Waals surface area contributed by atoms with Gasteiger partial charge in [0, 0.05) is 22.9 Å². The molecule has 0 fully saturated rings. The summed E-state index contributed by atoms with van der Waals surface area (Å²) >= 11 is 1.48. The van der Waals surface area contributed by atoms with E-state index in [-0.39, 0.29) is 35.9 Å². The number of aliphatic hydroxyl groups excluding tert-OH is 1. The Labute approximate surface area is 213 Å². The van der Waals surface area contributed by atoms with E-state index in [4.69, 9.17) is 4.98 Å². The summed E-state index contributed by atoms with van der Waals surface area (Å²) < 4.78 is 1.59. The highest BCUT2D eigenvalue weighted by Gasteiger charge is 2.25. The van der Waals surface area contributed by atoms with Crippen molar-refractivity contribution in [2.75, 3.05) is 6.61 Å². The lowest BCUT2D eigenvalue weighted by Crippen LogP contribution is -2.27. The number of carbonyl (C=O) groups excluding carboxylic acids is 2. The van der Waals surface area contributed by atoms with Crippen LogP contribution in [0.2, 0.25) is 0 Å². The average molecular weight is 505 g/mol. The number of hydrogen-bond donors (Lipinski definition) is 3. The number of phenols is 1. The summed E-state index contributed by atoms with van der Waals surface area (Å²) in [6.07, 6.45) is 2.18. The molecule has 3 N–H and O–H groups in total. The fourth-order valence-corrected chi connectivity index (χ4v) is 4.62. The van der Waals surface area contributed by atoms with Gasteiger partial charge in [0.2, 0.25) is 0 Å². The number of nitrogens with zero attached hydrogens (tertiary/aromatic N) is 3. The van der Waals surface area contributed by atoms with Gasteiger partial charge in [-0.1, -0.05) is 26.0 Å². The van der Waals surface area contributed by atoms with Crippen LogP contribution in [0.25, 0.3) is 16.9 Å². The Kier molecular flexibility index (Phi) is 7.61. The minimum Gasteiger partial charge on any atom is -0.508 e. The fourth-order valence-electron chi connectivity index (χ4n) is 3.98. The smallest absolute Gasteiger partial charge is 0.296 e. The van der Waals surface area contributed by atoms with Crippen molar-refractivity contribution in [1.82, 2.24) is 14.7 Å². The van der Waals surface area contributed by atoms with E-state index in [0.717, 1.165) is 11.1 Å². The lowest BCUT2D eigenvalue weighted by atomic mass is 10.1. The number of aromatic nitrogens is 2. The van der Waals surface area contributed by atoms with Gasteiger partial charge < -0.3 is 15.5 Å². The maximum atomic E-state index is 13.4. The summed E-state index contributed by atoms with van der Waals surface area (Å²) in [6.45, 7) is 5.52. The van der Waals surface area contributed by atoms with Crippen molar-refractivity contribution in [1.29, 1.82) is 0 Å². The number of carbonyl (C=O) groups is 2. The van der Waals surface area contributed by atoms with Crippen LogP contribution in [0.3, 0.4) is 0 Å². The molecule has 3 aromatic heterocycles. The molecule has 3 heterocycles. The zero-order valence-corrected chi connectivity index (χ0v) is 21.1. The number of rotatable bonds is 8. The minimum atomic E-state index is -0.525. The lowest BCUT2D eigenvalue weighted by Gasteiger charge is -2.15. The molecule has 4 rings (SSSR count). The van der Waals surface area contributed by atoms with Crippen LogP contribution in [-0.4, -0.2) is 43.7 Å². The van der Waals surface area contributed by atoms with E-state index in [0.29, 0.717) is 29.0 Å². The van der Waals surface area contributed by atoms with E-state index in [1.54, 1.807) is 47.0 Å². The van der Waals surface area contributed by atoms with Gasteiger partial charge in [0.05, 0.1) is 18.2 Å².